The zero-order chi connectivity index (χ0) is 19.4. The Bertz CT molecular complexity index is 872. The van der Waals surface area contributed by atoms with E-state index in [0.29, 0.717) is 41.8 Å². The minimum atomic E-state index is 0.00195. The fourth-order valence-electron chi connectivity index (χ4n) is 2.98. The van der Waals surface area contributed by atoms with Gasteiger partial charge in [0, 0.05) is 12.6 Å². The number of nitrogens with zero attached hydrogens (tertiary/aromatic N) is 2. The van der Waals surface area contributed by atoms with Crippen LogP contribution in [0, 0.1) is 11.3 Å². The number of benzene rings is 2. The van der Waals surface area contributed by atoms with E-state index in [1.54, 1.807) is 18.2 Å². The summed E-state index contributed by atoms with van der Waals surface area (Å²) in [5, 5.41) is 9.37. The van der Waals surface area contributed by atoms with Gasteiger partial charge in [0.1, 0.15) is 13.2 Å². The van der Waals surface area contributed by atoms with Gasteiger partial charge >= 0.3 is 0 Å². The molecule has 0 unspecified atom stereocenters. The number of carbonyl (C=O) groups is 1. The fourth-order valence-corrected chi connectivity index (χ4v) is 3.27. The second-order valence-electron chi connectivity index (χ2n) is 6.70. The highest BCUT2D eigenvalue weighted by molar-refractivity contribution is 6.32. The molecule has 0 spiro atoms. The topological polar surface area (TPSA) is 62.6 Å². The van der Waals surface area contributed by atoms with Crippen LogP contribution in [-0.2, 0) is 17.8 Å². The van der Waals surface area contributed by atoms with Crippen molar-refractivity contribution in [1.29, 1.82) is 5.26 Å². The molecule has 140 valence electrons. The number of hydrogen-bond donors (Lipinski definition) is 0. The molecule has 27 heavy (non-hydrogen) atoms. The molecule has 1 heterocycles. The Morgan fingerprint density at radius 3 is 2.56 bits per heavy atom. The summed E-state index contributed by atoms with van der Waals surface area (Å²) < 4.78 is 11.1. The Morgan fingerprint density at radius 1 is 1.19 bits per heavy atom. The van der Waals surface area contributed by atoms with Crippen LogP contribution >= 0.6 is 11.6 Å². The summed E-state index contributed by atoms with van der Waals surface area (Å²) in [4.78, 5) is 14.7. The Balaban J connectivity index is 1.75. The summed E-state index contributed by atoms with van der Waals surface area (Å²) in [5.74, 6) is 1.12. The van der Waals surface area contributed by atoms with E-state index in [4.69, 9.17) is 26.3 Å². The summed E-state index contributed by atoms with van der Waals surface area (Å²) in [7, 11) is 0. The number of halogens is 1. The smallest absolute Gasteiger partial charge is 0.227 e. The summed E-state index contributed by atoms with van der Waals surface area (Å²) in [6, 6.07) is 13.0. The molecule has 2 aromatic rings. The first-order valence-electron chi connectivity index (χ1n) is 8.84. The molecule has 1 aliphatic heterocycles. The van der Waals surface area contributed by atoms with E-state index in [1.807, 2.05) is 36.9 Å². The number of amides is 1. The molecule has 0 saturated carbocycles. The standard InChI is InChI=1S/C21H21ClN2O3/c1-14(2)24(13-16-5-3-15(12-23)4-6-16)20(25)11-17-9-18(22)21-19(10-17)26-7-8-27-21/h3-6,9-10,14H,7-8,11,13H2,1-2H3. The van der Waals surface area contributed by atoms with Gasteiger partial charge < -0.3 is 14.4 Å². The predicted molar refractivity (Wildman–Crippen MR) is 103 cm³/mol. The first kappa shape index (κ1) is 19.1. The number of fused-ring (bicyclic) bond motifs is 1. The van der Waals surface area contributed by atoms with Crippen LogP contribution in [0.2, 0.25) is 5.02 Å². The van der Waals surface area contributed by atoms with Crippen molar-refractivity contribution in [2.75, 3.05) is 13.2 Å². The minimum Gasteiger partial charge on any atom is -0.486 e. The number of nitriles is 1. The third kappa shape index (κ3) is 4.53. The van der Waals surface area contributed by atoms with Crippen LogP contribution in [0.1, 0.15) is 30.5 Å². The van der Waals surface area contributed by atoms with Crippen LogP contribution in [0.15, 0.2) is 36.4 Å². The molecule has 3 rings (SSSR count). The van der Waals surface area contributed by atoms with Gasteiger partial charge in [0.25, 0.3) is 0 Å². The van der Waals surface area contributed by atoms with Crippen molar-refractivity contribution in [3.63, 3.8) is 0 Å². The third-order valence-electron chi connectivity index (χ3n) is 4.39. The van der Waals surface area contributed by atoms with Gasteiger partial charge in [0.05, 0.1) is 23.1 Å². The molecule has 0 saturated heterocycles. The van der Waals surface area contributed by atoms with Gasteiger partial charge in [-0.1, -0.05) is 23.7 Å². The molecule has 0 aromatic heterocycles. The lowest BCUT2D eigenvalue weighted by Crippen LogP contribution is -2.37. The van der Waals surface area contributed by atoms with E-state index in [9.17, 15) is 4.79 Å². The van der Waals surface area contributed by atoms with E-state index < -0.39 is 0 Å². The van der Waals surface area contributed by atoms with Crippen LogP contribution in [0.25, 0.3) is 0 Å². The fraction of sp³-hybridized carbons (Fsp3) is 0.333. The van der Waals surface area contributed by atoms with Gasteiger partial charge in [0.15, 0.2) is 11.5 Å². The maximum absolute atomic E-state index is 12.9. The van der Waals surface area contributed by atoms with Gasteiger partial charge in [-0.15, -0.1) is 0 Å². The number of hydrogen-bond acceptors (Lipinski definition) is 4. The lowest BCUT2D eigenvalue weighted by Gasteiger charge is -2.27. The maximum atomic E-state index is 12.9. The average Bonchev–Trinajstić information content (AvgIpc) is 2.66. The zero-order valence-electron chi connectivity index (χ0n) is 15.4. The highest BCUT2D eigenvalue weighted by Gasteiger charge is 2.21. The van der Waals surface area contributed by atoms with Gasteiger partial charge in [-0.25, -0.2) is 0 Å². The maximum Gasteiger partial charge on any atom is 0.227 e. The Hall–Kier alpha value is -2.71. The molecule has 0 radical (unpaired) electrons. The van der Waals surface area contributed by atoms with E-state index in [1.165, 1.54) is 0 Å². The molecule has 1 aliphatic rings. The molecular formula is C21H21ClN2O3. The van der Waals surface area contributed by atoms with Crippen molar-refractivity contribution in [2.24, 2.45) is 0 Å². The van der Waals surface area contributed by atoms with Crippen molar-refractivity contribution < 1.29 is 14.3 Å². The molecule has 6 heteroatoms. The van der Waals surface area contributed by atoms with Crippen LogP contribution < -0.4 is 9.47 Å². The lowest BCUT2D eigenvalue weighted by molar-refractivity contribution is -0.132. The molecule has 2 aromatic carbocycles. The highest BCUT2D eigenvalue weighted by atomic mass is 35.5. The quantitative estimate of drug-likeness (QED) is 0.782. The van der Waals surface area contributed by atoms with Crippen LogP contribution in [-0.4, -0.2) is 30.1 Å². The van der Waals surface area contributed by atoms with E-state index in [-0.39, 0.29) is 18.4 Å². The predicted octanol–water partition coefficient (Wildman–Crippen LogP) is 3.96. The third-order valence-corrected chi connectivity index (χ3v) is 4.67. The van der Waals surface area contributed by atoms with Gasteiger partial charge in [-0.2, -0.15) is 5.26 Å². The Kier molecular flexibility index (Phi) is 5.88. The first-order chi connectivity index (χ1) is 13.0. The number of rotatable bonds is 5. The molecule has 0 fully saturated rings. The number of ether oxygens (including phenoxy) is 2. The normalized spacial score (nSPS) is 12.6. The summed E-state index contributed by atoms with van der Waals surface area (Å²) in [5.41, 5.74) is 2.38. The van der Waals surface area contributed by atoms with Crippen molar-refractivity contribution in [2.45, 2.75) is 32.9 Å². The van der Waals surface area contributed by atoms with Crippen molar-refractivity contribution in [3.05, 3.63) is 58.1 Å². The molecule has 0 N–H and O–H groups in total. The zero-order valence-corrected chi connectivity index (χ0v) is 16.1. The van der Waals surface area contributed by atoms with Crippen LogP contribution in [0.4, 0.5) is 0 Å². The molecule has 0 atom stereocenters. The van der Waals surface area contributed by atoms with Crippen molar-refractivity contribution >= 4 is 17.5 Å². The van der Waals surface area contributed by atoms with E-state index in [2.05, 4.69) is 6.07 Å². The molecule has 0 bridgehead atoms. The molecule has 0 aliphatic carbocycles. The van der Waals surface area contributed by atoms with Crippen LogP contribution in [0.3, 0.4) is 0 Å². The van der Waals surface area contributed by atoms with Crippen LogP contribution in [0.5, 0.6) is 11.5 Å². The second kappa shape index (κ2) is 8.32. The highest BCUT2D eigenvalue weighted by Crippen LogP contribution is 2.38. The van der Waals surface area contributed by atoms with Gasteiger partial charge in [0.2, 0.25) is 5.91 Å². The second-order valence-corrected chi connectivity index (χ2v) is 7.11. The largest absolute Gasteiger partial charge is 0.486 e. The van der Waals surface area contributed by atoms with E-state index in [0.717, 1.165) is 11.1 Å². The lowest BCUT2D eigenvalue weighted by atomic mass is 10.1. The van der Waals surface area contributed by atoms with Gasteiger partial charge in [-0.3, -0.25) is 4.79 Å². The van der Waals surface area contributed by atoms with Crippen molar-refractivity contribution in [3.8, 4) is 17.6 Å². The summed E-state index contributed by atoms with van der Waals surface area (Å²) in [6.07, 6.45) is 0.227. The summed E-state index contributed by atoms with van der Waals surface area (Å²) in [6.45, 7) is 5.39. The van der Waals surface area contributed by atoms with Gasteiger partial charge in [-0.05, 0) is 49.2 Å². The Labute approximate surface area is 164 Å². The van der Waals surface area contributed by atoms with Crippen molar-refractivity contribution in [1.82, 2.24) is 4.90 Å². The molecule has 5 nitrogen and oxygen atoms in total. The summed E-state index contributed by atoms with van der Waals surface area (Å²) >= 11 is 6.27. The monoisotopic (exact) mass is 384 g/mol. The SMILES string of the molecule is CC(C)N(Cc1ccc(C#N)cc1)C(=O)Cc1cc(Cl)c2c(c1)OCCO2. The minimum absolute atomic E-state index is 0.00195. The Morgan fingerprint density at radius 2 is 1.89 bits per heavy atom. The first-order valence-corrected chi connectivity index (χ1v) is 9.22. The number of carbonyl (C=O) groups excluding carboxylic acids is 1. The molecule has 1 amide bonds. The average molecular weight is 385 g/mol. The molecular weight excluding hydrogens is 364 g/mol. The van der Waals surface area contributed by atoms with E-state index >= 15 is 0 Å².